The zero-order chi connectivity index (χ0) is 14.8. The van der Waals surface area contributed by atoms with Crippen LogP contribution in [0.3, 0.4) is 0 Å². The second kappa shape index (κ2) is 9.49. The lowest BCUT2D eigenvalue weighted by Gasteiger charge is -2.29. The highest BCUT2D eigenvalue weighted by atomic mass is 16.5. The fraction of sp³-hybridized carbons (Fsp3) is 0.800. The molecule has 5 heteroatoms. The third-order valence-corrected chi connectivity index (χ3v) is 3.57. The molecule has 0 amide bonds. The molecule has 20 heavy (non-hydrogen) atoms. The van der Waals surface area contributed by atoms with Gasteiger partial charge in [0.1, 0.15) is 0 Å². The number of nitrogens with zero attached hydrogens (tertiary/aromatic N) is 3. The first kappa shape index (κ1) is 16.6. The predicted molar refractivity (Wildman–Crippen MR) is 78.6 cm³/mol. The molecule has 0 spiro atoms. The molecule has 1 rings (SSSR count). The maximum Gasteiger partial charge on any atom is 0.328 e. The van der Waals surface area contributed by atoms with Crippen molar-refractivity contribution in [3.8, 4) is 6.07 Å². The van der Waals surface area contributed by atoms with Gasteiger partial charge in [-0.3, -0.25) is 9.79 Å². The quantitative estimate of drug-likeness (QED) is 0.405. The summed E-state index contributed by atoms with van der Waals surface area (Å²) in [5.74, 6) is -0.528. The predicted octanol–water partition coefficient (Wildman–Crippen LogP) is 1.88. The van der Waals surface area contributed by atoms with Crippen molar-refractivity contribution in [2.75, 3.05) is 32.8 Å². The summed E-state index contributed by atoms with van der Waals surface area (Å²) in [6.45, 7) is 8.37. The topological polar surface area (TPSA) is 65.7 Å². The third-order valence-electron chi connectivity index (χ3n) is 3.57. The van der Waals surface area contributed by atoms with Gasteiger partial charge in [0.15, 0.2) is 5.92 Å². The molecular weight excluding hydrogens is 254 g/mol. The van der Waals surface area contributed by atoms with Crippen LogP contribution in [0, 0.1) is 23.2 Å². The standard InChI is InChI=1S/C15H25N3O2/c1-3-20-15(19)14(11-16)12-17-7-4-8-18-9-5-13(2)6-10-18/h12-14H,3-10H2,1-2H3/t14-/m0/s1. The Morgan fingerprint density at radius 1 is 1.55 bits per heavy atom. The molecule has 0 radical (unpaired) electrons. The van der Waals surface area contributed by atoms with Crippen LogP contribution in [0.25, 0.3) is 0 Å². The van der Waals surface area contributed by atoms with Crippen molar-refractivity contribution < 1.29 is 9.53 Å². The maximum atomic E-state index is 11.4. The van der Waals surface area contributed by atoms with Crippen LogP contribution in [0.5, 0.6) is 0 Å². The second-order valence-corrected chi connectivity index (χ2v) is 5.29. The minimum Gasteiger partial charge on any atom is -0.465 e. The van der Waals surface area contributed by atoms with Crippen molar-refractivity contribution in [3.05, 3.63) is 0 Å². The molecule has 0 aromatic carbocycles. The monoisotopic (exact) mass is 279 g/mol. The Bertz CT molecular complexity index is 355. The molecule has 0 aliphatic carbocycles. The van der Waals surface area contributed by atoms with Gasteiger partial charge >= 0.3 is 5.97 Å². The Kier molecular flexibility index (Phi) is 7.89. The van der Waals surface area contributed by atoms with Crippen LogP contribution in [-0.4, -0.2) is 49.9 Å². The van der Waals surface area contributed by atoms with Gasteiger partial charge in [0, 0.05) is 12.8 Å². The Morgan fingerprint density at radius 2 is 2.25 bits per heavy atom. The number of hydrogen-bond donors (Lipinski definition) is 0. The highest BCUT2D eigenvalue weighted by Crippen LogP contribution is 2.15. The van der Waals surface area contributed by atoms with Gasteiger partial charge in [-0.05, 0) is 51.7 Å². The van der Waals surface area contributed by atoms with E-state index in [9.17, 15) is 4.79 Å². The van der Waals surface area contributed by atoms with Gasteiger partial charge in [-0.1, -0.05) is 6.92 Å². The number of ether oxygens (including phenoxy) is 1. The van der Waals surface area contributed by atoms with E-state index in [-0.39, 0.29) is 6.61 Å². The van der Waals surface area contributed by atoms with Crippen molar-refractivity contribution in [2.45, 2.75) is 33.1 Å². The number of aliphatic imine (C=N–C) groups is 1. The summed E-state index contributed by atoms with van der Waals surface area (Å²) in [5, 5.41) is 8.86. The van der Waals surface area contributed by atoms with Gasteiger partial charge in [-0.25, -0.2) is 0 Å². The molecule has 0 bridgehead atoms. The Hall–Kier alpha value is -1.41. The van der Waals surface area contributed by atoms with E-state index in [0.29, 0.717) is 6.54 Å². The fourth-order valence-corrected chi connectivity index (χ4v) is 2.23. The van der Waals surface area contributed by atoms with Gasteiger partial charge in [0.2, 0.25) is 0 Å². The number of nitriles is 1. The highest BCUT2D eigenvalue weighted by Gasteiger charge is 2.16. The van der Waals surface area contributed by atoms with E-state index in [4.69, 9.17) is 10.00 Å². The molecule has 1 aliphatic rings. The lowest BCUT2D eigenvalue weighted by molar-refractivity contribution is -0.143. The van der Waals surface area contributed by atoms with Crippen molar-refractivity contribution >= 4 is 12.2 Å². The van der Waals surface area contributed by atoms with E-state index < -0.39 is 11.9 Å². The van der Waals surface area contributed by atoms with E-state index in [2.05, 4.69) is 16.8 Å². The minimum absolute atomic E-state index is 0.290. The molecule has 0 aromatic rings. The zero-order valence-corrected chi connectivity index (χ0v) is 12.5. The minimum atomic E-state index is -0.870. The molecular formula is C15H25N3O2. The molecule has 0 aromatic heterocycles. The molecule has 1 heterocycles. The normalized spacial score (nSPS) is 18.9. The number of likely N-dealkylation sites (tertiary alicyclic amines) is 1. The van der Waals surface area contributed by atoms with Gasteiger partial charge in [-0.15, -0.1) is 0 Å². The molecule has 1 atom stereocenters. The van der Waals surface area contributed by atoms with Crippen molar-refractivity contribution in [1.82, 2.24) is 4.90 Å². The van der Waals surface area contributed by atoms with E-state index in [0.717, 1.165) is 18.9 Å². The first-order valence-electron chi connectivity index (χ1n) is 7.46. The molecule has 0 unspecified atom stereocenters. The summed E-state index contributed by atoms with van der Waals surface area (Å²) >= 11 is 0. The second-order valence-electron chi connectivity index (χ2n) is 5.29. The van der Waals surface area contributed by atoms with Gasteiger partial charge in [0.05, 0.1) is 12.7 Å². The molecule has 5 nitrogen and oxygen atoms in total. The fourth-order valence-electron chi connectivity index (χ4n) is 2.23. The van der Waals surface area contributed by atoms with E-state index >= 15 is 0 Å². The van der Waals surface area contributed by atoms with E-state index in [1.165, 1.54) is 32.1 Å². The summed E-state index contributed by atoms with van der Waals surface area (Å²) in [7, 11) is 0. The third kappa shape index (κ3) is 6.16. The van der Waals surface area contributed by atoms with Crippen molar-refractivity contribution in [2.24, 2.45) is 16.8 Å². The molecule has 1 fully saturated rings. The number of carbonyl (C=O) groups excluding carboxylic acids is 1. The highest BCUT2D eigenvalue weighted by molar-refractivity contribution is 5.92. The summed E-state index contributed by atoms with van der Waals surface area (Å²) < 4.78 is 4.80. The zero-order valence-electron chi connectivity index (χ0n) is 12.5. The summed E-state index contributed by atoms with van der Waals surface area (Å²) in [6.07, 6.45) is 4.94. The molecule has 0 saturated carbocycles. The van der Waals surface area contributed by atoms with Crippen molar-refractivity contribution in [3.63, 3.8) is 0 Å². The van der Waals surface area contributed by atoms with Crippen LogP contribution >= 0.6 is 0 Å². The van der Waals surface area contributed by atoms with Gasteiger partial charge in [-0.2, -0.15) is 5.26 Å². The smallest absolute Gasteiger partial charge is 0.328 e. The molecule has 112 valence electrons. The number of carbonyl (C=O) groups is 1. The molecule has 0 N–H and O–H groups in total. The van der Waals surface area contributed by atoms with Crippen LogP contribution in [0.1, 0.15) is 33.1 Å². The van der Waals surface area contributed by atoms with Crippen LogP contribution in [0.4, 0.5) is 0 Å². The maximum absolute atomic E-state index is 11.4. The molecule has 1 aliphatic heterocycles. The average molecular weight is 279 g/mol. The SMILES string of the molecule is CCOC(=O)[C@@H](C#N)C=NCCCN1CCC(C)CC1. The Balaban J connectivity index is 2.17. The lowest BCUT2D eigenvalue weighted by atomic mass is 9.99. The van der Waals surface area contributed by atoms with Crippen LogP contribution in [0.2, 0.25) is 0 Å². The number of piperidine rings is 1. The molecule has 1 saturated heterocycles. The average Bonchev–Trinajstić information content (AvgIpc) is 2.45. The summed E-state index contributed by atoms with van der Waals surface area (Å²) in [5.41, 5.74) is 0. The van der Waals surface area contributed by atoms with Crippen LogP contribution in [-0.2, 0) is 9.53 Å². The lowest BCUT2D eigenvalue weighted by Crippen LogP contribution is -2.33. The van der Waals surface area contributed by atoms with Crippen LogP contribution < -0.4 is 0 Å². The summed E-state index contributed by atoms with van der Waals surface area (Å²) in [4.78, 5) is 18.0. The number of hydrogen-bond acceptors (Lipinski definition) is 5. The number of esters is 1. The summed E-state index contributed by atoms with van der Waals surface area (Å²) in [6, 6.07) is 1.90. The van der Waals surface area contributed by atoms with Crippen molar-refractivity contribution in [1.29, 1.82) is 5.26 Å². The van der Waals surface area contributed by atoms with Gasteiger partial charge < -0.3 is 9.64 Å². The Labute approximate surface area is 121 Å². The Morgan fingerprint density at radius 3 is 2.85 bits per heavy atom. The van der Waals surface area contributed by atoms with E-state index in [1.807, 2.05) is 6.07 Å². The van der Waals surface area contributed by atoms with E-state index in [1.54, 1.807) is 6.92 Å². The largest absolute Gasteiger partial charge is 0.465 e. The number of rotatable bonds is 7. The first-order valence-corrected chi connectivity index (χ1v) is 7.46. The van der Waals surface area contributed by atoms with Gasteiger partial charge in [0.25, 0.3) is 0 Å². The van der Waals surface area contributed by atoms with Crippen LogP contribution in [0.15, 0.2) is 4.99 Å². The first-order chi connectivity index (χ1) is 9.67.